The molecule has 0 unspecified atom stereocenters. The van der Waals surface area contributed by atoms with Crippen LogP contribution in [0.25, 0.3) is 0 Å². The second kappa shape index (κ2) is 10.8. The fourth-order valence-corrected chi connectivity index (χ4v) is 2.29. The van der Waals surface area contributed by atoms with Crippen molar-refractivity contribution in [3.05, 3.63) is 35.4 Å². The molecule has 0 saturated heterocycles. The van der Waals surface area contributed by atoms with Gasteiger partial charge in [0.25, 0.3) is 11.8 Å². The van der Waals surface area contributed by atoms with Crippen molar-refractivity contribution in [3.8, 4) is 0 Å². The maximum absolute atomic E-state index is 12.3. The minimum atomic E-state index is -0.0569. The summed E-state index contributed by atoms with van der Waals surface area (Å²) in [7, 11) is 6.81. The summed E-state index contributed by atoms with van der Waals surface area (Å²) in [5.41, 5.74) is 1.15. The number of nitrogens with zero attached hydrogens (tertiary/aromatic N) is 2. The third-order valence-corrected chi connectivity index (χ3v) is 3.76. The zero-order valence-corrected chi connectivity index (χ0v) is 15.1. The van der Waals surface area contributed by atoms with Crippen LogP contribution in [0, 0.1) is 0 Å². The molecule has 6 heteroatoms. The molecule has 2 amide bonds. The molecule has 1 rings (SSSR count). The third-order valence-electron chi connectivity index (χ3n) is 3.76. The number of carbonyl (C=O) groups excluding carboxylic acids is 2. The Kier molecular flexibility index (Phi) is 9.04. The molecule has 0 heterocycles. The van der Waals surface area contributed by atoms with Gasteiger partial charge in [0.05, 0.1) is 0 Å². The van der Waals surface area contributed by atoms with E-state index in [9.17, 15) is 9.59 Å². The number of rotatable bonds is 10. The minimum absolute atomic E-state index is 0.0569. The molecule has 0 atom stereocenters. The number of benzene rings is 1. The number of methoxy groups -OCH3 is 2. The first kappa shape index (κ1) is 20.1. The predicted octanol–water partition coefficient (Wildman–Crippen LogP) is 1.90. The van der Waals surface area contributed by atoms with E-state index in [-0.39, 0.29) is 11.8 Å². The highest BCUT2D eigenvalue weighted by Crippen LogP contribution is 2.10. The average molecular weight is 336 g/mol. The summed E-state index contributed by atoms with van der Waals surface area (Å²) in [6.07, 6.45) is 1.59. The van der Waals surface area contributed by atoms with Gasteiger partial charge in [-0.3, -0.25) is 9.59 Å². The number of ether oxygens (including phenoxy) is 2. The molecule has 0 radical (unpaired) electrons. The summed E-state index contributed by atoms with van der Waals surface area (Å²) in [5.74, 6) is -0.114. The van der Waals surface area contributed by atoms with Crippen molar-refractivity contribution in [2.45, 2.75) is 12.8 Å². The number of amides is 2. The molecule has 0 fully saturated rings. The zero-order chi connectivity index (χ0) is 17.9. The second-order valence-corrected chi connectivity index (χ2v) is 5.72. The Morgan fingerprint density at radius 2 is 1.12 bits per heavy atom. The average Bonchev–Trinajstić information content (AvgIpc) is 2.60. The second-order valence-electron chi connectivity index (χ2n) is 5.72. The molecular formula is C18H28N2O4. The summed E-state index contributed by atoms with van der Waals surface area (Å²) >= 11 is 0. The molecule has 134 valence electrons. The summed E-state index contributed by atoms with van der Waals surface area (Å²) in [5, 5.41) is 0. The molecule has 0 spiro atoms. The molecule has 1 aromatic carbocycles. The number of hydrogen-bond acceptors (Lipinski definition) is 4. The van der Waals surface area contributed by atoms with Crippen LogP contribution in [-0.4, -0.2) is 76.2 Å². The third kappa shape index (κ3) is 6.29. The lowest BCUT2D eigenvalue weighted by Gasteiger charge is -2.18. The maximum Gasteiger partial charge on any atom is 0.253 e. The molecular weight excluding hydrogens is 308 g/mol. The largest absolute Gasteiger partial charge is 0.385 e. The lowest BCUT2D eigenvalue weighted by atomic mass is 10.1. The van der Waals surface area contributed by atoms with Gasteiger partial charge in [-0.25, -0.2) is 0 Å². The summed E-state index contributed by atoms with van der Waals surface area (Å²) < 4.78 is 9.98. The summed E-state index contributed by atoms with van der Waals surface area (Å²) in [4.78, 5) is 27.9. The van der Waals surface area contributed by atoms with E-state index in [1.807, 2.05) is 0 Å². The van der Waals surface area contributed by atoms with E-state index in [1.165, 1.54) is 0 Å². The van der Waals surface area contributed by atoms with Gasteiger partial charge in [0.15, 0.2) is 0 Å². The van der Waals surface area contributed by atoms with E-state index in [0.29, 0.717) is 37.4 Å². The van der Waals surface area contributed by atoms with Gasteiger partial charge in [-0.1, -0.05) is 0 Å². The lowest BCUT2D eigenvalue weighted by molar-refractivity contribution is 0.0767. The molecule has 24 heavy (non-hydrogen) atoms. The van der Waals surface area contributed by atoms with E-state index in [1.54, 1.807) is 62.4 Å². The monoisotopic (exact) mass is 336 g/mol. The molecule has 0 saturated carbocycles. The van der Waals surface area contributed by atoms with E-state index in [4.69, 9.17) is 9.47 Å². The molecule has 6 nitrogen and oxygen atoms in total. The first-order valence-corrected chi connectivity index (χ1v) is 8.10. The smallest absolute Gasteiger partial charge is 0.253 e. The van der Waals surface area contributed by atoms with Crippen LogP contribution in [0.4, 0.5) is 0 Å². The molecule has 0 aliphatic carbocycles. The van der Waals surface area contributed by atoms with Crippen molar-refractivity contribution >= 4 is 11.8 Å². The summed E-state index contributed by atoms with van der Waals surface area (Å²) in [6, 6.07) is 6.80. The molecule has 1 aromatic rings. The maximum atomic E-state index is 12.3. The van der Waals surface area contributed by atoms with Gasteiger partial charge in [0.2, 0.25) is 0 Å². The molecule has 0 aliphatic heterocycles. The van der Waals surface area contributed by atoms with E-state index in [0.717, 1.165) is 12.8 Å². The first-order valence-electron chi connectivity index (χ1n) is 8.10. The molecule has 0 aliphatic rings. The zero-order valence-electron chi connectivity index (χ0n) is 15.1. The van der Waals surface area contributed by atoms with E-state index >= 15 is 0 Å². The van der Waals surface area contributed by atoms with Gasteiger partial charge in [-0.05, 0) is 37.1 Å². The van der Waals surface area contributed by atoms with Crippen LogP contribution in [0.5, 0.6) is 0 Å². The van der Waals surface area contributed by atoms with Gasteiger partial charge in [0, 0.05) is 65.7 Å². The number of hydrogen-bond donors (Lipinski definition) is 0. The van der Waals surface area contributed by atoms with Crippen molar-refractivity contribution in [2.24, 2.45) is 0 Å². The molecule has 0 bridgehead atoms. The van der Waals surface area contributed by atoms with Gasteiger partial charge in [0.1, 0.15) is 0 Å². The predicted molar refractivity (Wildman–Crippen MR) is 93.3 cm³/mol. The van der Waals surface area contributed by atoms with Crippen LogP contribution in [0.2, 0.25) is 0 Å². The topological polar surface area (TPSA) is 59.1 Å². The lowest BCUT2D eigenvalue weighted by Crippen LogP contribution is -2.29. The molecule has 0 aromatic heterocycles. The fourth-order valence-electron chi connectivity index (χ4n) is 2.29. The van der Waals surface area contributed by atoms with Crippen LogP contribution in [-0.2, 0) is 9.47 Å². The highest BCUT2D eigenvalue weighted by molar-refractivity contribution is 5.97. The first-order chi connectivity index (χ1) is 11.5. The van der Waals surface area contributed by atoms with Gasteiger partial charge in [-0.2, -0.15) is 0 Å². The van der Waals surface area contributed by atoms with Gasteiger partial charge in [-0.15, -0.1) is 0 Å². The number of carbonyl (C=O) groups is 2. The van der Waals surface area contributed by atoms with Crippen molar-refractivity contribution in [1.29, 1.82) is 0 Å². The van der Waals surface area contributed by atoms with Crippen molar-refractivity contribution in [3.63, 3.8) is 0 Å². The quantitative estimate of drug-likeness (QED) is 0.612. The van der Waals surface area contributed by atoms with E-state index < -0.39 is 0 Å². The standard InChI is InChI=1S/C18H28N2O4/c1-19(11-5-13-23-3)17(21)15-7-9-16(10-8-15)18(22)20(2)12-6-14-24-4/h7-10H,5-6,11-14H2,1-4H3. The van der Waals surface area contributed by atoms with Crippen molar-refractivity contribution in [2.75, 3.05) is 54.6 Å². The van der Waals surface area contributed by atoms with Crippen LogP contribution in [0.1, 0.15) is 33.6 Å². The highest BCUT2D eigenvalue weighted by Gasteiger charge is 2.14. The minimum Gasteiger partial charge on any atom is -0.385 e. The normalized spacial score (nSPS) is 10.5. The summed E-state index contributed by atoms with van der Waals surface area (Å²) in [6.45, 7) is 2.52. The van der Waals surface area contributed by atoms with Crippen molar-refractivity contribution in [1.82, 2.24) is 9.80 Å². The Balaban J connectivity index is 2.61. The Bertz CT molecular complexity index is 469. The van der Waals surface area contributed by atoms with Gasteiger partial charge >= 0.3 is 0 Å². The van der Waals surface area contributed by atoms with Crippen LogP contribution in [0.3, 0.4) is 0 Å². The molecule has 0 N–H and O–H groups in total. The van der Waals surface area contributed by atoms with Crippen LogP contribution < -0.4 is 0 Å². The van der Waals surface area contributed by atoms with Gasteiger partial charge < -0.3 is 19.3 Å². The Labute approximate surface area is 144 Å². The van der Waals surface area contributed by atoms with Crippen molar-refractivity contribution < 1.29 is 19.1 Å². The van der Waals surface area contributed by atoms with E-state index in [2.05, 4.69) is 0 Å². The fraction of sp³-hybridized carbons (Fsp3) is 0.556. The SMILES string of the molecule is COCCCN(C)C(=O)c1ccc(C(=O)N(C)CCCOC)cc1. The van der Waals surface area contributed by atoms with Crippen LogP contribution >= 0.6 is 0 Å². The Hall–Kier alpha value is -1.92. The Morgan fingerprint density at radius 1 is 0.792 bits per heavy atom. The van der Waals surface area contributed by atoms with Crippen LogP contribution in [0.15, 0.2) is 24.3 Å². The Morgan fingerprint density at radius 3 is 1.42 bits per heavy atom. The highest BCUT2D eigenvalue weighted by atomic mass is 16.5.